The number of primary sulfonamides is 1. The van der Waals surface area contributed by atoms with E-state index < -0.39 is 10.0 Å². The van der Waals surface area contributed by atoms with Crippen molar-refractivity contribution in [2.24, 2.45) is 5.14 Å². The van der Waals surface area contributed by atoms with Crippen molar-refractivity contribution >= 4 is 10.0 Å². The predicted octanol–water partition coefficient (Wildman–Crippen LogP) is 0.789. The summed E-state index contributed by atoms with van der Waals surface area (Å²) in [5.41, 5.74) is 1.57. The Kier molecular flexibility index (Phi) is 3.25. The fourth-order valence-electron chi connectivity index (χ4n) is 1.25. The molecule has 14 heavy (non-hydrogen) atoms. The Morgan fingerprint density at radius 3 is 2.57 bits per heavy atom. The summed E-state index contributed by atoms with van der Waals surface area (Å²) in [5, 5.41) is 5.05. The minimum atomic E-state index is -3.65. The number of ether oxygens (including phenoxy) is 1. The molecular weight excluding hydrogens is 202 g/mol. The molecule has 0 unspecified atom stereocenters. The third kappa shape index (κ3) is 2.54. The van der Waals surface area contributed by atoms with Gasteiger partial charge in [-0.25, -0.2) is 13.6 Å². The van der Waals surface area contributed by atoms with Gasteiger partial charge >= 0.3 is 0 Å². The zero-order chi connectivity index (χ0) is 10.8. The van der Waals surface area contributed by atoms with Gasteiger partial charge in [-0.2, -0.15) is 0 Å². The number of sulfonamides is 1. The first kappa shape index (κ1) is 11.2. The Labute approximate surface area is 83.7 Å². The summed E-state index contributed by atoms with van der Waals surface area (Å²) in [6, 6.07) is 4.96. The fraction of sp³-hybridized carbons (Fsp3) is 0.333. The average molecular weight is 215 g/mol. The van der Waals surface area contributed by atoms with Gasteiger partial charge in [0.05, 0.1) is 11.5 Å². The van der Waals surface area contributed by atoms with E-state index in [0.717, 1.165) is 5.56 Å². The molecule has 0 heterocycles. The predicted molar refractivity (Wildman–Crippen MR) is 53.3 cm³/mol. The van der Waals surface area contributed by atoms with Crippen molar-refractivity contribution in [3.05, 3.63) is 29.3 Å². The Morgan fingerprint density at radius 1 is 1.43 bits per heavy atom. The second-order valence-corrected chi connectivity index (χ2v) is 4.62. The van der Waals surface area contributed by atoms with Crippen LogP contribution >= 0.6 is 0 Å². The third-order valence-electron chi connectivity index (χ3n) is 1.82. The van der Waals surface area contributed by atoms with Gasteiger partial charge in [-0.15, -0.1) is 0 Å². The topological polar surface area (TPSA) is 69.4 Å². The van der Waals surface area contributed by atoms with Crippen LogP contribution in [0.2, 0.25) is 0 Å². The van der Waals surface area contributed by atoms with Crippen molar-refractivity contribution in [2.45, 2.75) is 18.4 Å². The monoisotopic (exact) mass is 215 g/mol. The summed E-state index contributed by atoms with van der Waals surface area (Å²) in [5.74, 6) is 0. The molecule has 0 saturated heterocycles. The molecule has 0 bridgehead atoms. The van der Waals surface area contributed by atoms with Crippen molar-refractivity contribution in [1.82, 2.24) is 0 Å². The van der Waals surface area contributed by atoms with Crippen LogP contribution in [0.4, 0.5) is 0 Å². The number of methoxy groups -OCH3 is 1. The van der Waals surface area contributed by atoms with E-state index in [0.29, 0.717) is 5.56 Å². The van der Waals surface area contributed by atoms with Crippen LogP contribution in [0.5, 0.6) is 0 Å². The van der Waals surface area contributed by atoms with Gasteiger partial charge in [-0.05, 0) is 18.6 Å². The molecule has 0 aliphatic heterocycles. The molecule has 0 saturated carbocycles. The molecule has 0 spiro atoms. The van der Waals surface area contributed by atoms with Crippen LogP contribution < -0.4 is 5.14 Å². The SMILES string of the molecule is COCc1cc(C)ccc1S(N)(=O)=O. The van der Waals surface area contributed by atoms with Crippen molar-refractivity contribution < 1.29 is 13.2 Å². The molecule has 0 radical (unpaired) electrons. The van der Waals surface area contributed by atoms with E-state index in [4.69, 9.17) is 9.88 Å². The molecule has 78 valence electrons. The number of benzene rings is 1. The molecule has 1 rings (SSSR count). The normalized spacial score (nSPS) is 11.6. The lowest BCUT2D eigenvalue weighted by Crippen LogP contribution is -2.14. The maximum atomic E-state index is 11.2. The van der Waals surface area contributed by atoms with E-state index >= 15 is 0 Å². The minimum Gasteiger partial charge on any atom is -0.380 e. The first-order valence-corrected chi connectivity index (χ1v) is 5.61. The van der Waals surface area contributed by atoms with E-state index in [2.05, 4.69) is 0 Å². The molecule has 5 heteroatoms. The van der Waals surface area contributed by atoms with Crippen LogP contribution in [0.15, 0.2) is 23.1 Å². The average Bonchev–Trinajstić information content (AvgIpc) is 2.02. The van der Waals surface area contributed by atoms with Crippen LogP contribution in [0, 0.1) is 6.92 Å². The highest BCUT2D eigenvalue weighted by Gasteiger charge is 2.13. The van der Waals surface area contributed by atoms with Gasteiger partial charge < -0.3 is 4.74 Å². The van der Waals surface area contributed by atoms with Crippen LogP contribution in [0.3, 0.4) is 0 Å². The van der Waals surface area contributed by atoms with Crippen molar-refractivity contribution in [2.75, 3.05) is 7.11 Å². The summed E-state index contributed by atoms with van der Waals surface area (Å²) >= 11 is 0. The zero-order valence-corrected chi connectivity index (χ0v) is 8.97. The smallest absolute Gasteiger partial charge is 0.238 e. The molecule has 1 aromatic rings. The summed E-state index contributed by atoms with van der Waals surface area (Å²) < 4.78 is 27.2. The second kappa shape index (κ2) is 4.08. The molecule has 0 aromatic heterocycles. The Hall–Kier alpha value is -0.910. The first-order valence-electron chi connectivity index (χ1n) is 4.06. The Balaban J connectivity index is 3.29. The summed E-state index contributed by atoms with van der Waals surface area (Å²) in [6.45, 7) is 2.12. The van der Waals surface area contributed by atoms with E-state index in [1.807, 2.05) is 6.92 Å². The second-order valence-electron chi connectivity index (χ2n) is 3.09. The van der Waals surface area contributed by atoms with Gasteiger partial charge in [0.15, 0.2) is 0 Å². The van der Waals surface area contributed by atoms with Gasteiger partial charge in [0.1, 0.15) is 0 Å². The molecule has 1 aromatic carbocycles. The van der Waals surface area contributed by atoms with E-state index in [9.17, 15) is 8.42 Å². The summed E-state index contributed by atoms with van der Waals surface area (Å²) in [4.78, 5) is 0.130. The Bertz CT molecular complexity index is 426. The highest BCUT2D eigenvalue weighted by Crippen LogP contribution is 2.16. The lowest BCUT2D eigenvalue weighted by molar-refractivity contribution is 0.182. The summed E-state index contributed by atoms with van der Waals surface area (Å²) in [6.07, 6.45) is 0. The third-order valence-corrected chi connectivity index (χ3v) is 2.83. The fourth-order valence-corrected chi connectivity index (χ4v) is 2.00. The van der Waals surface area contributed by atoms with E-state index in [-0.39, 0.29) is 11.5 Å². The summed E-state index contributed by atoms with van der Waals surface area (Å²) in [7, 11) is -2.14. The first-order chi connectivity index (χ1) is 6.45. The van der Waals surface area contributed by atoms with Gasteiger partial charge in [0, 0.05) is 7.11 Å². The van der Waals surface area contributed by atoms with Gasteiger partial charge in [0.2, 0.25) is 10.0 Å². The van der Waals surface area contributed by atoms with E-state index in [1.165, 1.54) is 13.2 Å². The number of hydrogen-bond donors (Lipinski definition) is 1. The molecule has 0 aliphatic rings. The van der Waals surface area contributed by atoms with Crippen molar-refractivity contribution in [1.29, 1.82) is 0 Å². The molecule has 0 aliphatic carbocycles. The lowest BCUT2D eigenvalue weighted by atomic mass is 10.1. The minimum absolute atomic E-state index is 0.130. The number of aryl methyl sites for hydroxylation is 1. The zero-order valence-electron chi connectivity index (χ0n) is 8.15. The number of hydrogen-bond acceptors (Lipinski definition) is 3. The van der Waals surface area contributed by atoms with E-state index in [1.54, 1.807) is 12.1 Å². The highest BCUT2D eigenvalue weighted by atomic mass is 32.2. The molecule has 0 fully saturated rings. The Morgan fingerprint density at radius 2 is 2.07 bits per heavy atom. The number of nitrogens with two attached hydrogens (primary N) is 1. The van der Waals surface area contributed by atoms with Crippen LogP contribution in [0.25, 0.3) is 0 Å². The van der Waals surface area contributed by atoms with Gasteiger partial charge in [-0.3, -0.25) is 0 Å². The molecular formula is C9H13NO3S. The maximum Gasteiger partial charge on any atom is 0.238 e. The van der Waals surface area contributed by atoms with Crippen molar-refractivity contribution in [3.8, 4) is 0 Å². The molecule has 2 N–H and O–H groups in total. The van der Waals surface area contributed by atoms with Crippen LogP contribution in [-0.2, 0) is 21.4 Å². The largest absolute Gasteiger partial charge is 0.380 e. The van der Waals surface area contributed by atoms with Gasteiger partial charge in [-0.1, -0.05) is 17.7 Å². The molecule has 4 nitrogen and oxygen atoms in total. The maximum absolute atomic E-state index is 11.2. The molecule has 0 amide bonds. The lowest BCUT2D eigenvalue weighted by Gasteiger charge is -2.07. The standard InChI is InChI=1S/C9H13NO3S/c1-7-3-4-9(14(10,11)12)8(5-7)6-13-2/h3-5H,6H2,1-2H3,(H2,10,11,12). The van der Waals surface area contributed by atoms with Gasteiger partial charge in [0.25, 0.3) is 0 Å². The van der Waals surface area contributed by atoms with Crippen LogP contribution in [-0.4, -0.2) is 15.5 Å². The van der Waals surface area contributed by atoms with Crippen LogP contribution in [0.1, 0.15) is 11.1 Å². The molecule has 0 atom stereocenters. The highest BCUT2D eigenvalue weighted by molar-refractivity contribution is 7.89. The number of rotatable bonds is 3. The quantitative estimate of drug-likeness (QED) is 0.810. The van der Waals surface area contributed by atoms with Crippen molar-refractivity contribution in [3.63, 3.8) is 0 Å².